The Morgan fingerprint density at radius 3 is 1.91 bits per heavy atom. The molecule has 1 unspecified atom stereocenters. The second-order valence-corrected chi connectivity index (χ2v) is 15.1. The molecule has 0 aliphatic heterocycles. The molecule has 0 fully saturated rings. The molecule has 0 N–H and O–H groups in total. The van der Waals surface area contributed by atoms with Gasteiger partial charge in [-0.1, -0.05) is 44.1 Å². The van der Waals surface area contributed by atoms with Gasteiger partial charge in [-0.25, -0.2) is 0 Å². The standard InChI is InChI=1S/C27H46O5Si/c1-21(2)12-11-13-22(3)14-15-26(32-33(9,10)27(4,5)6)23-16-24(30-19-28-7)18-25(17-23)31-20-29-8/h12,14,16-18,26H,11,13,15,19-20H2,1-10H3/b22-14+. The third-order valence-electron chi connectivity index (χ3n) is 5.98. The highest BCUT2D eigenvalue weighted by Crippen LogP contribution is 2.42. The number of allylic oxidation sites excluding steroid dienone is 3. The first-order chi connectivity index (χ1) is 15.4. The summed E-state index contributed by atoms with van der Waals surface area (Å²) in [5.74, 6) is 1.38. The molecule has 1 aromatic carbocycles. The molecular weight excluding hydrogens is 432 g/mol. The summed E-state index contributed by atoms with van der Waals surface area (Å²) < 4.78 is 28.6. The first kappa shape index (κ1) is 29.4. The topological polar surface area (TPSA) is 46.2 Å². The molecular formula is C27H46O5Si. The Morgan fingerprint density at radius 1 is 0.909 bits per heavy atom. The number of rotatable bonds is 14. The van der Waals surface area contributed by atoms with Crippen LogP contribution in [0.25, 0.3) is 0 Å². The van der Waals surface area contributed by atoms with Crippen LogP contribution in [0.3, 0.4) is 0 Å². The van der Waals surface area contributed by atoms with E-state index in [0.717, 1.165) is 24.8 Å². The van der Waals surface area contributed by atoms with Crippen LogP contribution in [-0.2, 0) is 13.9 Å². The van der Waals surface area contributed by atoms with Gasteiger partial charge in [0.25, 0.3) is 0 Å². The highest BCUT2D eigenvalue weighted by Gasteiger charge is 2.39. The summed E-state index contributed by atoms with van der Waals surface area (Å²) in [6.45, 7) is 18.2. The first-order valence-electron chi connectivity index (χ1n) is 11.7. The van der Waals surface area contributed by atoms with E-state index in [9.17, 15) is 0 Å². The molecule has 6 heteroatoms. The van der Waals surface area contributed by atoms with Crippen molar-refractivity contribution >= 4 is 8.32 Å². The van der Waals surface area contributed by atoms with Crippen LogP contribution in [0, 0.1) is 0 Å². The van der Waals surface area contributed by atoms with Crippen molar-refractivity contribution in [1.82, 2.24) is 0 Å². The van der Waals surface area contributed by atoms with E-state index in [1.165, 1.54) is 11.1 Å². The average molecular weight is 479 g/mol. The maximum Gasteiger partial charge on any atom is 0.192 e. The maximum absolute atomic E-state index is 6.91. The minimum absolute atomic E-state index is 0.0970. The van der Waals surface area contributed by atoms with E-state index >= 15 is 0 Å². The lowest BCUT2D eigenvalue weighted by Crippen LogP contribution is -2.41. The van der Waals surface area contributed by atoms with Crippen molar-refractivity contribution in [3.05, 3.63) is 47.1 Å². The van der Waals surface area contributed by atoms with Gasteiger partial charge in [0, 0.05) is 20.3 Å². The van der Waals surface area contributed by atoms with E-state index < -0.39 is 8.32 Å². The van der Waals surface area contributed by atoms with Crippen molar-refractivity contribution in [2.24, 2.45) is 0 Å². The summed E-state index contributed by atoms with van der Waals surface area (Å²) in [4.78, 5) is 0. The number of ether oxygens (including phenoxy) is 4. The quantitative estimate of drug-likeness (QED) is 0.155. The average Bonchev–Trinajstić information content (AvgIpc) is 2.72. The molecule has 5 nitrogen and oxygen atoms in total. The molecule has 0 aliphatic rings. The molecule has 0 aromatic heterocycles. The predicted molar refractivity (Wildman–Crippen MR) is 140 cm³/mol. The largest absolute Gasteiger partial charge is 0.467 e. The van der Waals surface area contributed by atoms with Crippen molar-refractivity contribution in [2.75, 3.05) is 27.8 Å². The van der Waals surface area contributed by atoms with Crippen molar-refractivity contribution < 1.29 is 23.4 Å². The van der Waals surface area contributed by atoms with Crippen LogP contribution in [0.1, 0.15) is 72.5 Å². The monoisotopic (exact) mass is 478 g/mol. The van der Waals surface area contributed by atoms with Gasteiger partial charge in [0.1, 0.15) is 11.5 Å². The maximum atomic E-state index is 6.91. The molecule has 0 aliphatic carbocycles. The lowest BCUT2D eigenvalue weighted by Gasteiger charge is -2.39. The molecule has 1 aromatic rings. The van der Waals surface area contributed by atoms with E-state index in [1.54, 1.807) is 14.2 Å². The lowest BCUT2D eigenvalue weighted by atomic mass is 10.0. The predicted octanol–water partition coefficient (Wildman–Crippen LogP) is 7.80. The van der Waals surface area contributed by atoms with Crippen LogP contribution >= 0.6 is 0 Å². The second kappa shape index (κ2) is 13.9. The molecule has 188 valence electrons. The van der Waals surface area contributed by atoms with Gasteiger partial charge in [0.05, 0.1) is 6.10 Å². The number of benzene rings is 1. The van der Waals surface area contributed by atoms with Gasteiger partial charge in [0.2, 0.25) is 0 Å². The fraction of sp³-hybridized carbons (Fsp3) is 0.630. The zero-order valence-corrected chi connectivity index (χ0v) is 23.5. The Bertz CT molecular complexity index is 747. The zero-order valence-electron chi connectivity index (χ0n) is 22.5. The van der Waals surface area contributed by atoms with E-state index in [0.29, 0.717) is 11.5 Å². The summed E-state index contributed by atoms with van der Waals surface area (Å²) >= 11 is 0. The first-order valence-corrected chi connectivity index (χ1v) is 14.7. The van der Waals surface area contributed by atoms with Crippen molar-refractivity contribution in [3.8, 4) is 11.5 Å². The summed E-state index contributed by atoms with van der Waals surface area (Å²) in [5, 5.41) is 0.104. The van der Waals surface area contributed by atoms with Crippen molar-refractivity contribution in [2.45, 2.75) is 85.0 Å². The summed E-state index contributed by atoms with van der Waals surface area (Å²) in [6, 6.07) is 5.91. The third-order valence-corrected chi connectivity index (χ3v) is 10.5. The van der Waals surface area contributed by atoms with Crippen LogP contribution in [0.15, 0.2) is 41.5 Å². The molecule has 0 saturated heterocycles. The van der Waals surface area contributed by atoms with Crippen LogP contribution in [0.5, 0.6) is 11.5 Å². The van der Waals surface area contributed by atoms with Crippen LogP contribution in [0.2, 0.25) is 18.1 Å². The van der Waals surface area contributed by atoms with Gasteiger partial charge in [-0.05, 0) is 75.9 Å². The Kier molecular flexibility index (Phi) is 12.4. The number of methoxy groups -OCH3 is 2. The molecule has 0 saturated carbocycles. The molecule has 33 heavy (non-hydrogen) atoms. The molecule has 0 heterocycles. The SMILES string of the molecule is COCOc1cc(OCOC)cc(C(C/C=C(\C)CCC=C(C)C)O[Si](C)(C)C(C)(C)C)c1. The van der Waals surface area contributed by atoms with Crippen molar-refractivity contribution in [1.29, 1.82) is 0 Å². The number of hydrogen-bond donors (Lipinski definition) is 0. The molecule has 1 rings (SSSR count). The Balaban J connectivity index is 3.28. The van der Waals surface area contributed by atoms with Gasteiger partial charge in [0.15, 0.2) is 21.9 Å². The van der Waals surface area contributed by atoms with Crippen LogP contribution in [0.4, 0.5) is 0 Å². The highest BCUT2D eigenvalue weighted by atomic mass is 28.4. The van der Waals surface area contributed by atoms with E-state index in [1.807, 2.05) is 18.2 Å². The summed E-state index contributed by atoms with van der Waals surface area (Å²) in [6.07, 6.45) is 7.42. The van der Waals surface area contributed by atoms with Gasteiger partial charge in [-0.3, -0.25) is 0 Å². The third kappa shape index (κ3) is 10.9. The van der Waals surface area contributed by atoms with Gasteiger partial charge in [-0.2, -0.15) is 0 Å². The molecule has 0 bridgehead atoms. The van der Waals surface area contributed by atoms with Gasteiger partial charge < -0.3 is 23.4 Å². The molecule has 1 atom stereocenters. The minimum Gasteiger partial charge on any atom is -0.467 e. The lowest BCUT2D eigenvalue weighted by molar-refractivity contribution is 0.0456. The fourth-order valence-corrected chi connectivity index (χ4v) is 4.28. The van der Waals surface area contributed by atoms with E-state index in [2.05, 4.69) is 66.8 Å². The molecule has 0 radical (unpaired) electrons. The summed E-state index contributed by atoms with van der Waals surface area (Å²) in [7, 11) is 1.20. The van der Waals surface area contributed by atoms with Crippen LogP contribution < -0.4 is 9.47 Å². The van der Waals surface area contributed by atoms with Gasteiger partial charge in [-0.15, -0.1) is 0 Å². The van der Waals surface area contributed by atoms with Crippen molar-refractivity contribution in [3.63, 3.8) is 0 Å². The van der Waals surface area contributed by atoms with Gasteiger partial charge >= 0.3 is 0 Å². The highest BCUT2D eigenvalue weighted by molar-refractivity contribution is 6.74. The zero-order chi connectivity index (χ0) is 25.1. The molecule has 0 amide bonds. The van der Waals surface area contributed by atoms with Crippen LogP contribution in [-0.4, -0.2) is 36.1 Å². The Morgan fingerprint density at radius 2 is 1.45 bits per heavy atom. The normalized spacial score (nSPS) is 13.6. The fourth-order valence-electron chi connectivity index (χ4n) is 2.98. The Hall–Kier alpha value is -1.60. The Labute approximate surface area is 203 Å². The summed E-state index contributed by atoms with van der Waals surface area (Å²) in [5.41, 5.74) is 3.77. The van der Waals surface area contributed by atoms with E-state index in [-0.39, 0.29) is 24.7 Å². The van der Waals surface area contributed by atoms with E-state index in [4.69, 9.17) is 23.4 Å². The minimum atomic E-state index is -2.02. The second-order valence-electron chi connectivity index (χ2n) is 10.3. The smallest absolute Gasteiger partial charge is 0.192 e. The molecule has 0 spiro atoms. The number of hydrogen-bond acceptors (Lipinski definition) is 5.